The highest BCUT2D eigenvalue weighted by molar-refractivity contribution is 8.15. The number of rotatable bonds is 4. The lowest BCUT2D eigenvalue weighted by Crippen LogP contribution is -2.48. The highest BCUT2D eigenvalue weighted by atomic mass is 32.2. The molecular weight excluding hydrogens is 372 g/mol. The molecule has 1 atom stereocenters. The monoisotopic (exact) mass is 400 g/mol. The van der Waals surface area contributed by atoms with Gasteiger partial charge in [-0.25, -0.2) is 4.99 Å². The van der Waals surface area contributed by atoms with E-state index in [0.29, 0.717) is 5.92 Å². The van der Waals surface area contributed by atoms with E-state index < -0.39 is 0 Å². The molecule has 5 heteroatoms. The van der Waals surface area contributed by atoms with E-state index in [1.807, 2.05) is 35.4 Å². The number of aliphatic imine (C=N–C) groups is 1. The van der Waals surface area contributed by atoms with Crippen LogP contribution in [0.15, 0.2) is 47.5 Å². The summed E-state index contributed by atoms with van der Waals surface area (Å²) in [6.07, 6.45) is 4.07. The minimum absolute atomic E-state index is 0.0859. The fourth-order valence-electron chi connectivity index (χ4n) is 3.85. The molecule has 3 rings (SSSR count). The Balaban J connectivity index is 1.99. The number of hydrogen-bond donors (Lipinski definition) is 0. The quantitative estimate of drug-likeness (QED) is 0.565. The second-order valence-electron chi connectivity index (χ2n) is 7.69. The first kappa shape index (κ1) is 20.3. The van der Waals surface area contributed by atoms with Gasteiger partial charge in [-0.15, -0.1) is 0 Å². The van der Waals surface area contributed by atoms with Crippen molar-refractivity contribution in [3.8, 4) is 0 Å². The third kappa shape index (κ3) is 4.52. The molecule has 2 aromatic rings. The molecule has 0 bridgehead atoms. The van der Waals surface area contributed by atoms with Crippen molar-refractivity contribution >= 4 is 50.4 Å². The smallest absolute Gasteiger partial charge is 0.281 e. The number of fused-ring (bicyclic) bond motifs is 1. The van der Waals surface area contributed by atoms with Crippen molar-refractivity contribution in [2.45, 2.75) is 33.6 Å². The summed E-state index contributed by atoms with van der Waals surface area (Å²) in [4.78, 5) is 19.6. The SMILES string of the molecule is CCC1(CC(C)C)CSC(=Nc2cccc3ccccc23)N(C(=O)SC)C1. The van der Waals surface area contributed by atoms with E-state index in [0.717, 1.165) is 41.4 Å². The van der Waals surface area contributed by atoms with Gasteiger partial charge in [-0.05, 0) is 41.9 Å². The van der Waals surface area contributed by atoms with Gasteiger partial charge >= 0.3 is 0 Å². The number of amidine groups is 1. The summed E-state index contributed by atoms with van der Waals surface area (Å²) in [7, 11) is 0. The van der Waals surface area contributed by atoms with Crippen molar-refractivity contribution in [3.63, 3.8) is 0 Å². The van der Waals surface area contributed by atoms with Crippen molar-refractivity contribution in [2.24, 2.45) is 16.3 Å². The van der Waals surface area contributed by atoms with Gasteiger partial charge in [0.1, 0.15) is 0 Å². The number of carbonyl (C=O) groups excluding carboxylic acids is 1. The van der Waals surface area contributed by atoms with Crippen LogP contribution in [-0.4, -0.2) is 33.9 Å². The average molecular weight is 401 g/mol. The lowest BCUT2D eigenvalue weighted by Gasteiger charge is -2.43. The maximum absolute atomic E-state index is 12.7. The number of carbonyl (C=O) groups is 1. The van der Waals surface area contributed by atoms with Gasteiger partial charge in [0.2, 0.25) is 0 Å². The highest BCUT2D eigenvalue weighted by Crippen LogP contribution is 2.41. The van der Waals surface area contributed by atoms with Crippen LogP contribution in [0.2, 0.25) is 0 Å². The number of nitrogens with zero attached hydrogens (tertiary/aromatic N) is 2. The Labute approximate surface area is 171 Å². The normalized spacial score (nSPS) is 22.0. The van der Waals surface area contributed by atoms with Crippen LogP contribution in [0.25, 0.3) is 10.8 Å². The van der Waals surface area contributed by atoms with Gasteiger partial charge in [-0.1, -0.05) is 80.7 Å². The molecule has 1 saturated heterocycles. The molecule has 1 unspecified atom stereocenters. The fourth-order valence-corrected chi connectivity index (χ4v) is 5.59. The van der Waals surface area contributed by atoms with E-state index in [2.05, 4.69) is 39.0 Å². The Bertz CT molecular complexity index is 844. The van der Waals surface area contributed by atoms with Crippen LogP contribution in [0.5, 0.6) is 0 Å². The van der Waals surface area contributed by atoms with Gasteiger partial charge in [0.15, 0.2) is 5.17 Å². The lowest BCUT2D eigenvalue weighted by molar-refractivity contribution is 0.190. The van der Waals surface area contributed by atoms with Crippen molar-refractivity contribution in [1.82, 2.24) is 4.90 Å². The second kappa shape index (κ2) is 8.70. The molecular formula is C22H28N2OS2. The molecule has 0 N–H and O–H groups in total. The predicted molar refractivity (Wildman–Crippen MR) is 121 cm³/mol. The number of hydrogen-bond acceptors (Lipinski definition) is 4. The Kier molecular flexibility index (Phi) is 6.53. The molecule has 0 saturated carbocycles. The van der Waals surface area contributed by atoms with Crippen LogP contribution in [0.4, 0.5) is 10.5 Å². The zero-order valence-electron chi connectivity index (χ0n) is 16.6. The van der Waals surface area contributed by atoms with Gasteiger partial charge in [0.05, 0.1) is 5.69 Å². The molecule has 2 aromatic carbocycles. The molecule has 0 spiro atoms. The topological polar surface area (TPSA) is 32.7 Å². The van der Waals surface area contributed by atoms with Crippen molar-refractivity contribution in [1.29, 1.82) is 0 Å². The molecule has 1 fully saturated rings. The first-order valence-corrected chi connectivity index (χ1v) is 11.7. The van der Waals surface area contributed by atoms with Gasteiger partial charge in [-0.3, -0.25) is 9.69 Å². The number of amides is 1. The molecule has 1 heterocycles. The van der Waals surface area contributed by atoms with Crippen molar-refractivity contribution in [2.75, 3.05) is 18.6 Å². The van der Waals surface area contributed by atoms with Crippen LogP contribution in [0.3, 0.4) is 0 Å². The highest BCUT2D eigenvalue weighted by Gasteiger charge is 2.39. The molecule has 3 nitrogen and oxygen atoms in total. The van der Waals surface area contributed by atoms with Gasteiger partial charge < -0.3 is 0 Å². The minimum Gasteiger partial charge on any atom is -0.281 e. The standard InChI is InChI=1S/C22H28N2OS2/c1-5-22(13-16(2)3)14-24(21(25)26-4)20(27-15-22)23-19-12-8-10-17-9-6-7-11-18(17)19/h6-12,16H,5,13-15H2,1-4H3. The maximum Gasteiger partial charge on any atom is 0.287 e. The summed E-state index contributed by atoms with van der Waals surface area (Å²) in [5.74, 6) is 1.64. The second-order valence-corrected chi connectivity index (χ2v) is 9.39. The molecule has 0 aliphatic carbocycles. The Morgan fingerprint density at radius 3 is 2.70 bits per heavy atom. The Morgan fingerprint density at radius 2 is 2.00 bits per heavy atom. The summed E-state index contributed by atoms with van der Waals surface area (Å²) in [5, 5.41) is 3.21. The summed E-state index contributed by atoms with van der Waals surface area (Å²) in [5.41, 5.74) is 1.10. The molecule has 1 amide bonds. The van der Waals surface area contributed by atoms with Crippen LogP contribution < -0.4 is 0 Å². The van der Waals surface area contributed by atoms with Gasteiger partial charge in [-0.2, -0.15) is 0 Å². The van der Waals surface area contributed by atoms with E-state index >= 15 is 0 Å². The van der Waals surface area contributed by atoms with Crippen LogP contribution in [0, 0.1) is 11.3 Å². The number of thioether (sulfide) groups is 2. The van der Waals surface area contributed by atoms with Crippen molar-refractivity contribution in [3.05, 3.63) is 42.5 Å². The maximum atomic E-state index is 12.7. The fraction of sp³-hybridized carbons (Fsp3) is 0.455. The molecule has 1 aliphatic heterocycles. The largest absolute Gasteiger partial charge is 0.287 e. The van der Waals surface area contributed by atoms with E-state index in [1.165, 1.54) is 17.1 Å². The van der Waals surface area contributed by atoms with Crippen LogP contribution in [0.1, 0.15) is 33.6 Å². The first-order valence-electron chi connectivity index (χ1n) is 9.53. The Hall–Kier alpha value is -1.46. The van der Waals surface area contributed by atoms with Gasteiger partial charge in [0.25, 0.3) is 5.24 Å². The lowest BCUT2D eigenvalue weighted by atomic mass is 9.79. The van der Waals surface area contributed by atoms with Crippen LogP contribution in [-0.2, 0) is 0 Å². The average Bonchev–Trinajstić information content (AvgIpc) is 2.68. The van der Waals surface area contributed by atoms with E-state index in [-0.39, 0.29) is 10.7 Å². The van der Waals surface area contributed by atoms with Crippen LogP contribution >= 0.6 is 23.5 Å². The zero-order chi connectivity index (χ0) is 19.4. The minimum atomic E-state index is 0.0859. The predicted octanol–water partition coefficient (Wildman–Crippen LogP) is 6.80. The third-order valence-electron chi connectivity index (χ3n) is 5.20. The third-order valence-corrected chi connectivity index (χ3v) is 7.10. The van der Waals surface area contributed by atoms with E-state index in [1.54, 1.807) is 11.8 Å². The summed E-state index contributed by atoms with van der Waals surface area (Å²) in [6.45, 7) is 7.54. The summed E-state index contributed by atoms with van der Waals surface area (Å²) >= 11 is 3.01. The van der Waals surface area contributed by atoms with E-state index in [4.69, 9.17) is 4.99 Å². The first-order chi connectivity index (χ1) is 13.0. The van der Waals surface area contributed by atoms with E-state index in [9.17, 15) is 4.79 Å². The van der Waals surface area contributed by atoms with Crippen molar-refractivity contribution < 1.29 is 4.79 Å². The summed E-state index contributed by atoms with van der Waals surface area (Å²) in [6, 6.07) is 14.4. The molecule has 0 aromatic heterocycles. The molecule has 0 radical (unpaired) electrons. The molecule has 1 aliphatic rings. The number of benzene rings is 2. The zero-order valence-corrected chi connectivity index (χ0v) is 18.2. The van der Waals surface area contributed by atoms with Gasteiger partial charge in [0, 0.05) is 17.7 Å². The molecule has 144 valence electrons. The Morgan fingerprint density at radius 1 is 1.26 bits per heavy atom. The summed E-state index contributed by atoms with van der Waals surface area (Å²) < 4.78 is 0. The molecule has 27 heavy (non-hydrogen) atoms.